The molecule has 0 saturated heterocycles. The molecule has 0 aliphatic rings. The summed E-state index contributed by atoms with van der Waals surface area (Å²) < 4.78 is 5.55. The van der Waals surface area contributed by atoms with Gasteiger partial charge in [-0.3, -0.25) is 4.79 Å². The summed E-state index contributed by atoms with van der Waals surface area (Å²) in [7, 11) is 1.71. The Morgan fingerprint density at radius 1 is 0.929 bits per heavy atom. The second-order valence-electron chi connectivity index (χ2n) is 5.82. The number of carbonyl (C=O) groups is 1. The minimum Gasteiger partial charge on any atom is -0.452 e. The van der Waals surface area contributed by atoms with Crippen LogP contribution in [0.4, 0.5) is 5.69 Å². The number of benzene rings is 1. The van der Waals surface area contributed by atoms with Crippen LogP contribution in [-0.2, 0) is 4.79 Å². The summed E-state index contributed by atoms with van der Waals surface area (Å²) in [5.41, 5.74) is 2.20. The van der Waals surface area contributed by atoms with E-state index < -0.39 is 0 Å². The average molecular weight is 409 g/mol. The van der Waals surface area contributed by atoms with E-state index in [9.17, 15) is 4.79 Å². The largest absolute Gasteiger partial charge is 0.452 e. The molecule has 6 nitrogen and oxygen atoms in total. The van der Waals surface area contributed by atoms with Gasteiger partial charge in [-0.1, -0.05) is 35.4 Å². The van der Waals surface area contributed by atoms with Crippen molar-refractivity contribution in [3.8, 4) is 27.2 Å². The lowest BCUT2D eigenvalue weighted by Crippen LogP contribution is -2.31. The Bertz CT molecular complexity index is 1050. The first kappa shape index (κ1) is 18.3. The fourth-order valence-electron chi connectivity index (χ4n) is 2.56. The van der Waals surface area contributed by atoms with Gasteiger partial charge in [-0.15, -0.1) is 27.8 Å². The minimum absolute atomic E-state index is 0.0820. The number of ether oxygens (including phenoxy) is 1. The molecule has 8 heteroatoms. The third-order valence-electron chi connectivity index (χ3n) is 4.02. The van der Waals surface area contributed by atoms with Gasteiger partial charge in [0, 0.05) is 12.7 Å². The lowest BCUT2D eigenvalue weighted by Gasteiger charge is -2.17. The third-order valence-corrected chi connectivity index (χ3v) is 5.77. The fraction of sp³-hybridized carbons (Fsp3) is 0.100. The van der Waals surface area contributed by atoms with E-state index in [0.717, 1.165) is 15.4 Å². The van der Waals surface area contributed by atoms with Crippen molar-refractivity contribution in [1.82, 2.24) is 15.2 Å². The zero-order valence-electron chi connectivity index (χ0n) is 15.0. The van der Waals surface area contributed by atoms with E-state index in [0.29, 0.717) is 11.4 Å². The Kier molecular flexibility index (Phi) is 5.41. The molecule has 28 heavy (non-hydrogen) atoms. The molecule has 4 aromatic rings. The summed E-state index contributed by atoms with van der Waals surface area (Å²) in [4.78, 5) is 20.4. The van der Waals surface area contributed by atoms with E-state index in [4.69, 9.17) is 4.74 Å². The molecule has 1 amide bonds. The van der Waals surface area contributed by atoms with Crippen molar-refractivity contribution < 1.29 is 9.53 Å². The Hall–Kier alpha value is -3.10. The lowest BCUT2D eigenvalue weighted by molar-refractivity contribution is -0.120. The number of carbonyl (C=O) groups excluding carboxylic acids is 1. The summed E-state index contributed by atoms with van der Waals surface area (Å²) in [5, 5.41) is 12.3. The molecule has 0 atom stereocenters. The highest BCUT2D eigenvalue weighted by Gasteiger charge is 2.17. The number of nitrogens with zero attached hydrogens (tertiary/aromatic N) is 4. The second-order valence-corrected chi connectivity index (χ2v) is 7.72. The molecule has 0 N–H and O–H groups in total. The number of hydrogen-bond acceptors (Lipinski definition) is 7. The molecular formula is C20H16N4O2S2. The molecule has 140 valence electrons. The highest BCUT2D eigenvalue weighted by molar-refractivity contribution is 7.14. The number of amides is 1. The summed E-state index contributed by atoms with van der Waals surface area (Å²) in [6, 6.07) is 17.3. The summed E-state index contributed by atoms with van der Waals surface area (Å²) in [6.07, 6.45) is 0. The van der Waals surface area contributed by atoms with Gasteiger partial charge in [-0.2, -0.15) is 4.98 Å². The maximum Gasteiger partial charge on any atom is 0.336 e. The van der Waals surface area contributed by atoms with Crippen LogP contribution < -0.4 is 9.64 Å². The standard InChI is InChI=1S/C20H16N4O2S2/c1-24(14-7-3-2-4-8-14)17(25)13-26-20-21-18(15-9-5-11-27-15)19(22-23-20)16-10-6-12-28-16/h2-12H,13H2,1H3. The number of likely N-dealkylation sites (N-methyl/N-ethyl adjacent to an activating group) is 1. The smallest absolute Gasteiger partial charge is 0.336 e. The first-order valence-corrected chi connectivity index (χ1v) is 10.2. The van der Waals surface area contributed by atoms with E-state index in [1.807, 2.05) is 65.4 Å². The zero-order valence-corrected chi connectivity index (χ0v) is 16.6. The molecule has 3 heterocycles. The van der Waals surface area contributed by atoms with Crippen LogP contribution in [0, 0.1) is 0 Å². The van der Waals surface area contributed by atoms with Crippen molar-refractivity contribution in [2.75, 3.05) is 18.6 Å². The number of anilines is 1. The number of aromatic nitrogens is 3. The van der Waals surface area contributed by atoms with Gasteiger partial charge in [-0.05, 0) is 35.0 Å². The second kappa shape index (κ2) is 8.28. The predicted octanol–water partition coefficient (Wildman–Crippen LogP) is 4.37. The molecule has 0 aliphatic carbocycles. The van der Waals surface area contributed by atoms with Gasteiger partial charge in [-0.25, -0.2) is 0 Å². The number of hydrogen-bond donors (Lipinski definition) is 0. The Labute approximate surface area is 170 Å². The van der Waals surface area contributed by atoms with E-state index in [1.165, 1.54) is 4.90 Å². The monoisotopic (exact) mass is 408 g/mol. The first-order chi connectivity index (χ1) is 13.7. The summed E-state index contributed by atoms with van der Waals surface area (Å²) in [5.74, 6) is -0.199. The molecule has 0 spiro atoms. The fourth-order valence-corrected chi connectivity index (χ4v) is 3.98. The van der Waals surface area contributed by atoms with E-state index in [2.05, 4.69) is 15.2 Å². The van der Waals surface area contributed by atoms with Gasteiger partial charge in [0.2, 0.25) is 0 Å². The predicted molar refractivity (Wildman–Crippen MR) is 112 cm³/mol. The molecular weight excluding hydrogens is 392 g/mol. The van der Waals surface area contributed by atoms with Crippen molar-refractivity contribution >= 4 is 34.3 Å². The van der Waals surface area contributed by atoms with Crippen LogP contribution in [0.1, 0.15) is 0 Å². The maximum absolute atomic E-state index is 12.4. The molecule has 0 radical (unpaired) electrons. The van der Waals surface area contributed by atoms with Gasteiger partial charge >= 0.3 is 6.01 Å². The molecule has 0 bridgehead atoms. The van der Waals surface area contributed by atoms with Crippen LogP contribution >= 0.6 is 22.7 Å². The van der Waals surface area contributed by atoms with E-state index >= 15 is 0 Å². The first-order valence-electron chi connectivity index (χ1n) is 8.49. The normalized spacial score (nSPS) is 10.6. The van der Waals surface area contributed by atoms with Gasteiger partial charge < -0.3 is 9.64 Å². The lowest BCUT2D eigenvalue weighted by atomic mass is 10.2. The van der Waals surface area contributed by atoms with Crippen LogP contribution in [0.2, 0.25) is 0 Å². The number of para-hydroxylation sites is 1. The molecule has 1 aromatic carbocycles. The highest BCUT2D eigenvalue weighted by Crippen LogP contribution is 2.34. The summed E-state index contributed by atoms with van der Waals surface area (Å²) >= 11 is 3.14. The topological polar surface area (TPSA) is 68.2 Å². The van der Waals surface area contributed by atoms with Gasteiger partial charge in [0.05, 0.1) is 9.75 Å². The Morgan fingerprint density at radius 2 is 1.61 bits per heavy atom. The number of rotatable bonds is 6. The molecule has 0 saturated carbocycles. The Morgan fingerprint density at radius 3 is 2.25 bits per heavy atom. The highest BCUT2D eigenvalue weighted by atomic mass is 32.1. The maximum atomic E-state index is 12.4. The van der Waals surface area contributed by atoms with Crippen molar-refractivity contribution in [2.24, 2.45) is 0 Å². The third kappa shape index (κ3) is 3.92. The minimum atomic E-state index is -0.199. The summed E-state index contributed by atoms with van der Waals surface area (Å²) in [6.45, 7) is -0.171. The van der Waals surface area contributed by atoms with E-state index in [1.54, 1.807) is 29.7 Å². The molecule has 4 rings (SSSR count). The quantitative estimate of drug-likeness (QED) is 0.474. The van der Waals surface area contributed by atoms with Gasteiger partial charge in [0.1, 0.15) is 11.4 Å². The Balaban J connectivity index is 1.54. The average Bonchev–Trinajstić information content (AvgIpc) is 3.46. The molecule has 0 aliphatic heterocycles. The zero-order chi connectivity index (χ0) is 19.3. The van der Waals surface area contributed by atoms with Crippen molar-refractivity contribution in [2.45, 2.75) is 0 Å². The van der Waals surface area contributed by atoms with Crippen LogP contribution in [0.25, 0.3) is 21.1 Å². The van der Waals surface area contributed by atoms with Crippen LogP contribution in [0.5, 0.6) is 6.01 Å². The number of thiophene rings is 2. The van der Waals surface area contributed by atoms with Gasteiger partial charge in [0.15, 0.2) is 6.61 Å². The van der Waals surface area contributed by atoms with Gasteiger partial charge in [0.25, 0.3) is 5.91 Å². The van der Waals surface area contributed by atoms with E-state index in [-0.39, 0.29) is 18.5 Å². The van der Waals surface area contributed by atoms with Crippen molar-refractivity contribution in [3.63, 3.8) is 0 Å². The van der Waals surface area contributed by atoms with Crippen molar-refractivity contribution in [3.05, 3.63) is 65.4 Å². The van der Waals surface area contributed by atoms with Crippen molar-refractivity contribution in [1.29, 1.82) is 0 Å². The van der Waals surface area contributed by atoms with Crippen LogP contribution in [0.3, 0.4) is 0 Å². The SMILES string of the molecule is CN(C(=O)COc1nnc(-c2cccs2)c(-c2cccs2)n1)c1ccccc1. The molecule has 3 aromatic heterocycles. The molecule has 0 unspecified atom stereocenters. The molecule has 0 fully saturated rings. The van der Waals surface area contributed by atoms with Crippen LogP contribution in [0.15, 0.2) is 65.4 Å². The van der Waals surface area contributed by atoms with Crippen LogP contribution in [-0.4, -0.2) is 34.7 Å².